The number of nitrogens with zero attached hydrogens (tertiary/aromatic N) is 3. The minimum Gasteiger partial charge on any atom is -0.495 e. The molecule has 0 unspecified atom stereocenters. The second kappa shape index (κ2) is 11.5. The number of ketones is 1. The zero-order valence-electron chi connectivity index (χ0n) is 22.6. The van der Waals surface area contributed by atoms with E-state index in [1.165, 1.54) is 18.5 Å². The maximum atomic E-state index is 14.1. The number of fused-ring (bicyclic) bond motifs is 1. The maximum Gasteiger partial charge on any atom is 0.419 e. The van der Waals surface area contributed by atoms with Gasteiger partial charge in [-0.2, -0.15) is 17.5 Å². The van der Waals surface area contributed by atoms with Gasteiger partial charge in [-0.1, -0.05) is 31.2 Å². The number of nitrogens with one attached hydrogen (secondary N) is 1. The molecule has 12 heteroatoms. The van der Waals surface area contributed by atoms with Crippen molar-refractivity contribution in [3.8, 4) is 5.75 Å². The van der Waals surface area contributed by atoms with Gasteiger partial charge in [-0.25, -0.2) is 18.4 Å². The monoisotopic (exact) mass is 576 g/mol. The zero-order valence-corrected chi connectivity index (χ0v) is 23.4. The van der Waals surface area contributed by atoms with Crippen molar-refractivity contribution < 1.29 is 31.1 Å². The summed E-state index contributed by atoms with van der Waals surface area (Å²) in [5.74, 6) is -0.323. The van der Waals surface area contributed by atoms with Crippen LogP contribution in [-0.4, -0.2) is 48.9 Å². The molecular weight excluding hydrogens is 545 g/mol. The molecule has 40 heavy (non-hydrogen) atoms. The highest BCUT2D eigenvalue weighted by Gasteiger charge is 2.40. The number of halogens is 3. The number of carbonyl (C=O) groups is 1. The van der Waals surface area contributed by atoms with E-state index in [0.29, 0.717) is 36.3 Å². The molecule has 3 aromatic rings. The molecule has 0 saturated carbocycles. The Balaban J connectivity index is 1.73. The van der Waals surface area contributed by atoms with E-state index in [9.17, 15) is 26.4 Å². The molecule has 0 fully saturated rings. The van der Waals surface area contributed by atoms with Crippen molar-refractivity contribution in [3.05, 3.63) is 76.6 Å². The summed E-state index contributed by atoms with van der Waals surface area (Å²) in [4.78, 5) is 20.2. The maximum absolute atomic E-state index is 14.1. The predicted octanol–water partition coefficient (Wildman–Crippen LogP) is 5.58. The number of carbonyl (C=O) groups excluding carboxylic acids is 1. The average Bonchev–Trinajstić information content (AvgIpc) is 2.91. The number of methoxy groups -OCH3 is 1. The van der Waals surface area contributed by atoms with Gasteiger partial charge in [0.25, 0.3) is 0 Å². The molecule has 0 saturated heterocycles. The van der Waals surface area contributed by atoms with Gasteiger partial charge in [0.15, 0.2) is 5.78 Å². The van der Waals surface area contributed by atoms with Crippen LogP contribution in [0.4, 0.5) is 24.8 Å². The highest BCUT2D eigenvalue weighted by atomic mass is 32.2. The molecule has 0 spiro atoms. The Morgan fingerprint density at radius 1 is 1.20 bits per heavy atom. The molecule has 0 radical (unpaired) electrons. The van der Waals surface area contributed by atoms with E-state index in [0.717, 1.165) is 23.6 Å². The largest absolute Gasteiger partial charge is 0.495 e. The molecule has 2 aromatic carbocycles. The summed E-state index contributed by atoms with van der Waals surface area (Å²) in [6, 6.07) is 11.5. The first kappa shape index (κ1) is 29.5. The molecule has 1 heterocycles. The third kappa shape index (κ3) is 6.28. The smallest absolute Gasteiger partial charge is 0.419 e. The number of hydrogen-bond acceptors (Lipinski definition) is 7. The summed E-state index contributed by atoms with van der Waals surface area (Å²) in [5.41, 5.74) is 1.35. The topological polar surface area (TPSA) is 101 Å². The number of rotatable bonds is 9. The Morgan fingerprint density at radius 3 is 2.58 bits per heavy atom. The van der Waals surface area contributed by atoms with Crippen LogP contribution in [0.2, 0.25) is 0 Å². The fourth-order valence-corrected chi connectivity index (χ4v) is 5.82. The normalized spacial score (nSPS) is 17.4. The van der Waals surface area contributed by atoms with Gasteiger partial charge in [0.2, 0.25) is 16.0 Å². The number of sulfonamides is 1. The van der Waals surface area contributed by atoms with Crippen LogP contribution in [0.15, 0.2) is 48.7 Å². The zero-order chi connectivity index (χ0) is 29.2. The van der Waals surface area contributed by atoms with E-state index in [4.69, 9.17) is 4.74 Å². The molecule has 2 atom stereocenters. The summed E-state index contributed by atoms with van der Waals surface area (Å²) in [6.45, 7) is 1.74. The Labute approximate surface area is 231 Å². The van der Waals surface area contributed by atoms with Crippen molar-refractivity contribution >= 4 is 27.4 Å². The lowest BCUT2D eigenvalue weighted by molar-refractivity contribution is -0.138. The van der Waals surface area contributed by atoms with Crippen molar-refractivity contribution in [2.24, 2.45) is 5.92 Å². The number of anilines is 2. The molecule has 1 aromatic heterocycles. The van der Waals surface area contributed by atoms with E-state index in [1.807, 2.05) is 18.2 Å². The van der Waals surface area contributed by atoms with Crippen LogP contribution in [0.5, 0.6) is 5.75 Å². The van der Waals surface area contributed by atoms with Gasteiger partial charge in [-0.3, -0.25) is 4.79 Å². The van der Waals surface area contributed by atoms with Crippen LogP contribution >= 0.6 is 0 Å². The van der Waals surface area contributed by atoms with Gasteiger partial charge in [0.1, 0.15) is 5.75 Å². The number of ether oxygens (including phenoxy) is 1. The van der Waals surface area contributed by atoms with E-state index in [1.54, 1.807) is 31.2 Å². The van der Waals surface area contributed by atoms with Crippen LogP contribution in [0.1, 0.15) is 58.5 Å². The van der Waals surface area contributed by atoms with E-state index >= 15 is 0 Å². The third-order valence-corrected chi connectivity index (χ3v) is 8.51. The number of aromatic nitrogens is 2. The Morgan fingerprint density at radius 2 is 1.93 bits per heavy atom. The van der Waals surface area contributed by atoms with E-state index in [-0.39, 0.29) is 23.8 Å². The fraction of sp³-hybridized carbons (Fsp3) is 0.393. The second-order valence-corrected chi connectivity index (χ2v) is 11.8. The highest BCUT2D eigenvalue weighted by molar-refractivity contribution is 7.88. The molecular formula is C28H31F3N4O4S. The molecule has 4 rings (SSSR count). The first-order valence-corrected chi connectivity index (χ1v) is 14.6. The Kier molecular flexibility index (Phi) is 8.50. The van der Waals surface area contributed by atoms with Gasteiger partial charge in [0.05, 0.1) is 36.4 Å². The average molecular weight is 577 g/mol. The molecule has 214 valence electrons. The van der Waals surface area contributed by atoms with Crippen molar-refractivity contribution in [1.29, 1.82) is 0 Å². The van der Waals surface area contributed by atoms with Crippen molar-refractivity contribution in [1.82, 2.24) is 14.3 Å². The van der Waals surface area contributed by atoms with Crippen LogP contribution in [0, 0.1) is 5.92 Å². The standard InChI is InChI=1S/C28H31F3N4O4S/c1-5-24(36)18-12-13-22(25(15-18)39-3)33-27-32-16-21(28(29,30)31)23(34-27)14-19-11-10-17-8-6-7-9-20(17)26(19)35(2)40(4,37)38/h6-9,12-13,15-16,19,26H,5,10-11,14H2,1-4H3,(H,32,33,34)/t19-,26-/m0/s1. The van der Waals surface area contributed by atoms with Crippen LogP contribution in [0.25, 0.3) is 0 Å². The van der Waals surface area contributed by atoms with Crippen LogP contribution in [-0.2, 0) is 29.0 Å². The number of alkyl halides is 3. The van der Waals surface area contributed by atoms with E-state index in [2.05, 4.69) is 15.3 Å². The third-order valence-electron chi connectivity index (χ3n) is 7.24. The molecule has 0 amide bonds. The van der Waals surface area contributed by atoms with Gasteiger partial charge < -0.3 is 10.1 Å². The fourth-order valence-electron chi connectivity index (χ4n) is 5.13. The Hall–Kier alpha value is -3.51. The molecule has 0 aliphatic heterocycles. The number of aryl methyl sites for hydroxylation is 1. The van der Waals surface area contributed by atoms with Gasteiger partial charge in [-0.05, 0) is 54.5 Å². The SMILES string of the molecule is CCC(=O)c1ccc(Nc2ncc(C(F)(F)F)c(C[C@@H]3CCc4ccccc4[C@H]3N(C)S(C)(=O)=O)n2)c(OC)c1. The minimum atomic E-state index is -4.71. The summed E-state index contributed by atoms with van der Waals surface area (Å²) in [5, 5.41) is 2.91. The lowest BCUT2D eigenvalue weighted by atomic mass is 9.77. The van der Waals surface area contributed by atoms with Crippen LogP contribution in [0.3, 0.4) is 0 Å². The summed E-state index contributed by atoms with van der Waals surface area (Å²) >= 11 is 0. The van der Waals surface area contributed by atoms with Crippen molar-refractivity contribution in [2.45, 2.75) is 44.8 Å². The molecule has 1 aliphatic carbocycles. The lowest BCUT2D eigenvalue weighted by Crippen LogP contribution is -2.38. The minimum absolute atomic E-state index is 0.0828. The second-order valence-electron chi connectivity index (χ2n) is 9.79. The Bertz CT molecular complexity index is 1510. The number of Topliss-reactive ketones (excluding diaryl/α,β-unsaturated/α-hetero) is 1. The van der Waals surface area contributed by atoms with Gasteiger partial charge >= 0.3 is 6.18 Å². The molecule has 0 bridgehead atoms. The first-order valence-electron chi connectivity index (χ1n) is 12.8. The molecule has 8 nitrogen and oxygen atoms in total. The van der Waals surface area contributed by atoms with E-state index < -0.39 is 33.7 Å². The number of benzene rings is 2. The van der Waals surface area contributed by atoms with Crippen molar-refractivity contribution in [2.75, 3.05) is 25.7 Å². The van der Waals surface area contributed by atoms with Gasteiger partial charge in [-0.15, -0.1) is 0 Å². The lowest BCUT2D eigenvalue weighted by Gasteiger charge is -2.38. The van der Waals surface area contributed by atoms with Gasteiger partial charge in [0, 0.05) is 25.2 Å². The summed E-state index contributed by atoms with van der Waals surface area (Å²) in [7, 11) is -0.783. The highest BCUT2D eigenvalue weighted by Crippen LogP contribution is 2.42. The predicted molar refractivity (Wildman–Crippen MR) is 145 cm³/mol. The molecule has 1 aliphatic rings. The summed E-state index contributed by atoms with van der Waals surface area (Å²) < 4.78 is 73.9. The number of hydrogen-bond donors (Lipinski definition) is 1. The van der Waals surface area contributed by atoms with Crippen molar-refractivity contribution in [3.63, 3.8) is 0 Å². The summed E-state index contributed by atoms with van der Waals surface area (Å²) in [6.07, 6.45) is -1.62. The quantitative estimate of drug-likeness (QED) is 0.332. The van der Waals surface area contributed by atoms with Crippen LogP contribution < -0.4 is 10.1 Å². The first-order chi connectivity index (χ1) is 18.8. The molecule has 1 N–H and O–H groups in total.